The standard InChI is InChI=1S/C13H17NO2/c1-10(2)12(14-3)13(15)16-9-11-7-5-4-6-8-11/h4-8,12,14H,1,9H2,2-3H3/t12-/m0/s1. The van der Waals surface area contributed by atoms with E-state index in [1.54, 1.807) is 14.0 Å². The molecule has 0 aliphatic carbocycles. The highest BCUT2D eigenvalue weighted by Gasteiger charge is 2.18. The van der Waals surface area contributed by atoms with Crippen LogP contribution in [0.1, 0.15) is 12.5 Å². The second kappa shape index (κ2) is 6.08. The number of carbonyl (C=O) groups is 1. The third-order valence-electron chi connectivity index (χ3n) is 2.24. The first-order valence-electron chi connectivity index (χ1n) is 5.18. The van der Waals surface area contributed by atoms with E-state index in [1.807, 2.05) is 30.3 Å². The van der Waals surface area contributed by atoms with Gasteiger partial charge in [-0.25, -0.2) is 4.79 Å². The number of hydrogen-bond donors (Lipinski definition) is 1. The topological polar surface area (TPSA) is 38.3 Å². The van der Waals surface area contributed by atoms with Crippen LogP contribution in [0.15, 0.2) is 42.5 Å². The largest absolute Gasteiger partial charge is 0.459 e. The first-order chi connectivity index (χ1) is 7.65. The zero-order chi connectivity index (χ0) is 12.0. The molecule has 0 bridgehead atoms. The van der Waals surface area contributed by atoms with E-state index in [4.69, 9.17) is 4.74 Å². The Balaban J connectivity index is 2.49. The zero-order valence-electron chi connectivity index (χ0n) is 9.69. The summed E-state index contributed by atoms with van der Waals surface area (Å²) in [6, 6.07) is 9.17. The van der Waals surface area contributed by atoms with Gasteiger partial charge in [0.15, 0.2) is 0 Å². The molecule has 0 aliphatic rings. The Bertz CT molecular complexity index is 359. The zero-order valence-corrected chi connectivity index (χ0v) is 9.69. The molecule has 3 nitrogen and oxygen atoms in total. The van der Waals surface area contributed by atoms with Crippen LogP contribution in [0.4, 0.5) is 0 Å². The van der Waals surface area contributed by atoms with Crippen LogP contribution in [0, 0.1) is 0 Å². The predicted octanol–water partition coefficient (Wildman–Crippen LogP) is 1.89. The number of esters is 1. The van der Waals surface area contributed by atoms with Gasteiger partial charge < -0.3 is 10.1 Å². The molecule has 1 atom stereocenters. The van der Waals surface area contributed by atoms with Crippen molar-refractivity contribution < 1.29 is 9.53 Å². The van der Waals surface area contributed by atoms with E-state index in [9.17, 15) is 4.79 Å². The Kier molecular flexibility index (Phi) is 4.73. The van der Waals surface area contributed by atoms with Gasteiger partial charge in [0.1, 0.15) is 12.6 Å². The summed E-state index contributed by atoms with van der Waals surface area (Å²) in [6.45, 7) is 5.83. The Morgan fingerprint density at radius 2 is 2.06 bits per heavy atom. The first-order valence-corrected chi connectivity index (χ1v) is 5.18. The molecule has 0 fully saturated rings. The summed E-state index contributed by atoms with van der Waals surface area (Å²) < 4.78 is 5.18. The summed E-state index contributed by atoms with van der Waals surface area (Å²) in [4.78, 5) is 11.6. The molecule has 0 saturated carbocycles. The smallest absolute Gasteiger partial charge is 0.327 e. The summed E-state index contributed by atoms with van der Waals surface area (Å²) in [5, 5.41) is 2.86. The molecule has 0 amide bonds. The molecule has 0 radical (unpaired) electrons. The summed E-state index contributed by atoms with van der Waals surface area (Å²) in [5.74, 6) is -0.293. The summed E-state index contributed by atoms with van der Waals surface area (Å²) in [5.41, 5.74) is 1.73. The van der Waals surface area contributed by atoms with Gasteiger partial charge >= 0.3 is 5.97 Å². The number of benzene rings is 1. The van der Waals surface area contributed by atoms with Crippen molar-refractivity contribution in [2.45, 2.75) is 19.6 Å². The number of nitrogens with one attached hydrogen (secondary N) is 1. The highest BCUT2D eigenvalue weighted by atomic mass is 16.5. The fraction of sp³-hybridized carbons (Fsp3) is 0.308. The van der Waals surface area contributed by atoms with Crippen LogP contribution in [0.3, 0.4) is 0 Å². The van der Waals surface area contributed by atoms with E-state index in [-0.39, 0.29) is 5.97 Å². The van der Waals surface area contributed by atoms with Gasteiger partial charge in [0.05, 0.1) is 0 Å². The Morgan fingerprint density at radius 3 is 2.56 bits per heavy atom. The van der Waals surface area contributed by atoms with Crippen molar-refractivity contribution >= 4 is 5.97 Å². The first kappa shape index (κ1) is 12.5. The van der Waals surface area contributed by atoms with Crippen molar-refractivity contribution in [3.8, 4) is 0 Å². The van der Waals surface area contributed by atoms with Crippen molar-refractivity contribution in [1.82, 2.24) is 5.32 Å². The highest BCUT2D eigenvalue weighted by Crippen LogP contribution is 2.05. The van der Waals surface area contributed by atoms with Gasteiger partial charge in [0, 0.05) is 0 Å². The Morgan fingerprint density at radius 1 is 1.44 bits per heavy atom. The Labute approximate surface area is 96.1 Å². The van der Waals surface area contributed by atoms with Crippen molar-refractivity contribution in [2.24, 2.45) is 0 Å². The fourth-order valence-electron chi connectivity index (χ4n) is 1.38. The third-order valence-corrected chi connectivity index (χ3v) is 2.24. The van der Waals surface area contributed by atoms with Gasteiger partial charge in [0.25, 0.3) is 0 Å². The number of likely N-dealkylation sites (N-methyl/N-ethyl adjacent to an activating group) is 1. The average Bonchev–Trinajstić information content (AvgIpc) is 2.28. The van der Waals surface area contributed by atoms with Crippen molar-refractivity contribution in [3.05, 3.63) is 48.0 Å². The molecule has 0 aromatic heterocycles. The number of ether oxygens (including phenoxy) is 1. The van der Waals surface area contributed by atoms with E-state index in [0.717, 1.165) is 11.1 Å². The number of carbonyl (C=O) groups excluding carboxylic acids is 1. The van der Waals surface area contributed by atoms with Crippen LogP contribution in [0.2, 0.25) is 0 Å². The fourth-order valence-corrected chi connectivity index (χ4v) is 1.38. The lowest BCUT2D eigenvalue weighted by molar-refractivity contribution is -0.146. The van der Waals surface area contributed by atoms with Crippen molar-refractivity contribution in [2.75, 3.05) is 7.05 Å². The van der Waals surface area contributed by atoms with E-state index in [0.29, 0.717) is 6.61 Å². The highest BCUT2D eigenvalue weighted by molar-refractivity contribution is 5.79. The van der Waals surface area contributed by atoms with Gasteiger partial charge in [-0.2, -0.15) is 0 Å². The molecule has 16 heavy (non-hydrogen) atoms. The monoisotopic (exact) mass is 219 g/mol. The number of rotatable bonds is 5. The molecular weight excluding hydrogens is 202 g/mol. The lowest BCUT2D eigenvalue weighted by Gasteiger charge is -2.14. The minimum absolute atomic E-state index is 0.293. The molecule has 86 valence electrons. The van der Waals surface area contributed by atoms with Crippen LogP contribution in [0.25, 0.3) is 0 Å². The maximum Gasteiger partial charge on any atom is 0.327 e. The van der Waals surface area contributed by atoms with E-state index in [2.05, 4.69) is 11.9 Å². The van der Waals surface area contributed by atoms with Gasteiger partial charge in [-0.15, -0.1) is 0 Å². The van der Waals surface area contributed by atoms with Crippen LogP contribution < -0.4 is 5.32 Å². The molecular formula is C13H17NO2. The second-order valence-electron chi connectivity index (χ2n) is 3.66. The van der Waals surface area contributed by atoms with E-state index in [1.165, 1.54) is 0 Å². The molecule has 1 aromatic rings. The van der Waals surface area contributed by atoms with E-state index >= 15 is 0 Å². The van der Waals surface area contributed by atoms with Gasteiger partial charge in [-0.3, -0.25) is 0 Å². The van der Waals surface area contributed by atoms with Crippen LogP contribution in [-0.4, -0.2) is 19.1 Å². The maximum atomic E-state index is 11.6. The lowest BCUT2D eigenvalue weighted by Crippen LogP contribution is -2.36. The molecule has 0 saturated heterocycles. The molecule has 3 heteroatoms. The van der Waals surface area contributed by atoms with Crippen LogP contribution >= 0.6 is 0 Å². The van der Waals surface area contributed by atoms with E-state index < -0.39 is 6.04 Å². The van der Waals surface area contributed by atoms with Crippen molar-refractivity contribution in [3.63, 3.8) is 0 Å². The van der Waals surface area contributed by atoms with Crippen LogP contribution in [-0.2, 0) is 16.1 Å². The second-order valence-corrected chi connectivity index (χ2v) is 3.66. The third kappa shape index (κ3) is 3.51. The number of hydrogen-bond acceptors (Lipinski definition) is 3. The molecule has 0 heterocycles. The maximum absolute atomic E-state index is 11.6. The molecule has 0 spiro atoms. The van der Waals surface area contributed by atoms with Gasteiger partial charge in [-0.05, 0) is 19.5 Å². The van der Waals surface area contributed by atoms with Gasteiger partial charge in [0.2, 0.25) is 0 Å². The SMILES string of the molecule is C=C(C)[C@H](NC)C(=O)OCc1ccccc1. The molecule has 1 aromatic carbocycles. The molecule has 1 rings (SSSR count). The van der Waals surface area contributed by atoms with Crippen LogP contribution in [0.5, 0.6) is 0 Å². The molecule has 0 unspecified atom stereocenters. The minimum atomic E-state index is -0.427. The summed E-state index contributed by atoms with van der Waals surface area (Å²) in [6.07, 6.45) is 0. The molecule has 1 N–H and O–H groups in total. The predicted molar refractivity (Wildman–Crippen MR) is 63.9 cm³/mol. The average molecular weight is 219 g/mol. The Hall–Kier alpha value is -1.61. The molecule has 0 aliphatic heterocycles. The van der Waals surface area contributed by atoms with Crippen molar-refractivity contribution in [1.29, 1.82) is 0 Å². The lowest BCUT2D eigenvalue weighted by atomic mass is 10.1. The normalized spacial score (nSPS) is 11.9. The summed E-state index contributed by atoms with van der Waals surface area (Å²) in [7, 11) is 1.71. The minimum Gasteiger partial charge on any atom is -0.459 e. The summed E-state index contributed by atoms with van der Waals surface area (Å²) >= 11 is 0. The quantitative estimate of drug-likeness (QED) is 0.607. The van der Waals surface area contributed by atoms with Gasteiger partial charge in [-0.1, -0.05) is 42.5 Å².